The van der Waals surface area contributed by atoms with Crippen molar-refractivity contribution in [2.75, 3.05) is 37.7 Å². The lowest BCUT2D eigenvalue weighted by Crippen LogP contribution is -2.51. The molecule has 2 aromatic rings. The minimum atomic E-state index is -0.220. The van der Waals surface area contributed by atoms with Gasteiger partial charge in [0.25, 0.3) is 5.91 Å². The van der Waals surface area contributed by atoms with Gasteiger partial charge in [-0.2, -0.15) is 9.61 Å². The number of anilines is 1. The van der Waals surface area contributed by atoms with E-state index in [0.29, 0.717) is 6.61 Å². The van der Waals surface area contributed by atoms with E-state index < -0.39 is 0 Å². The topological polar surface area (TPSA) is 63.0 Å². The number of hydrogen-bond donors (Lipinski definition) is 0. The van der Waals surface area contributed by atoms with Crippen LogP contribution in [0.1, 0.15) is 18.5 Å². The van der Waals surface area contributed by atoms with Gasteiger partial charge in [0.1, 0.15) is 11.9 Å². The molecule has 0 radical (unpaired) electrons. The Hall–Kier alpha value is -2.15. The molecular weight excluding hydrogens is 294 g/mol. The molecule has 0 aromatic carbocycles. The first-order valence-electron chi connectivity index (χ1n) is 8.19. The quantitative estimate of drug-likeness (QED) is 0.823. The normalized spacial score (nSPS) is 22.0. The number of nitrogens with zero attached hydrogens (tertiary/aromatic N) is 5. The smallest absolute Gasteiger partial charge is 0.251 e. The van der Waals surface area contributed by atoms with Crippen LogP contribution in [0.3, 0.4) is 0 Å². The zero-order chi connectivity index (χ0) is 15.8. The van der Waals surface area contributed by atoms with Crippen LogP contribution < -0.4 is 4.90 Å². The van der Waals surface area contributed by atoms with Gasteiger partial charge in [0.05, 0.1) is 6.20 Å². The highest BCUT2D eigenvalue weighted by atomic mass is 16.5. The van der Waals surface area contributed by atoms with Crippen LogP contribution in [0, 0.1) is 6.92 Å². The van der Waals surface area contributed by atoms with Gasteiger partial charge in [0, 0.05) is 50.6 Å². The van der Waals surface area contributed by atoms with E-state index in [1.54, 1.807) is 6.20 Å². The van der Waals surface area contributed by atoms with Crippen LogP contribution in [-0.4, -0.2) is 64.3 Å². The van der Waals surface area contributed by atoms with Gasteiger partial charge in [-0.15, -0.1) is 0 Å². The van der Waals surface area contributed by atoms with Gasteiger partial charge in [0.15, 0.2) is 5.65 Å². The lowest BCUT2D eigenvalue weighted by Gasteiger charge is -2.36. The van der Waals surface area contributed by atoms with Crippen molar-refractivity contribution in [1.82, 2.24) is 19.5 Å². The fourth-order valence-electron chi connectivity index (χ4n) is 3.38. The Balaban J connectivity index is 1.48. The molecule has 7 nitrogen and oxygen atoms in total. The van der Waals surface area contributed by atoms with E-state index in [2.05, 4.69) is 21.0 Å². The Bertz CT molecular complexity index is 714. The Kier molecular flexibility index (Phi) is 3.65. The number of hydrogen-bond acceptors (Lipinski definition) is 5. The molecule has 1 unspecified atom stereocenters. The maximum Gasteiger partial charge on any atom is 0.251 e. The van der Waals surface area contributed by atoms with Gasteiger partial charge in [0.2, 0.25) is 0 Å². The van der Waals surface area contributed by atoms with Crippen molar-refractivity contribution in [3.05, 3.63) is 24.0 Å². The number of aryl methyl sites for hydroxylation is 1. The number of aromatic nitrogens is 3. The van der Waals surface area contributed by atoms with Crippen LogP contribution in [-0.2, 0) is 9.53 Å². The SMILES string of the molecule is Cc1cc(N2CCN(C(=O)C3CCCO3)CC2)n2nccc2n1. The zero-order valence-electron chi connectivity index (χ0n) is 13.3. The minimum Gasteiger partial charge on any atom is -0.368 e. The molecule has 23 heavy (non-hydrogen) atoms. The first-order chi connectivity index (χ1) is 11.2. The summed E-state index contributed by atoms with van der Waals surface area (Å²) in [4.78, 5) is 21.1. The first kappa shape index (κ1) is 14.4. The molecule has 4 rings (SSSR count). The molecular formula is C16H21N5O2. The van der Waals surface area contributed by atoms with E-state index in [0.717, 1.165) is 56.2 Å². The van der Waals surface area contributed by atoms with Crippen LogP contribution >= 0.6 is 0 Å². The molecule has 0 N–H and O–H groups in total. The molecule has 2 aromatic heterocycles. The van der Waals surface area contributed by atoms with Crippen molar-refractivity contribution in [2.24, 2.45) is 0 Å². The monoisotopic (exact) mass is 315 g/mol. The number of piperazine rings is 1. The number of amides is 1. The average molecular weight is 315 g/mol. The molecule has 0 bridgehead atoms. The minimum absolute atomic E-state index is 0.150. The van der Waals surface area contributed by atoms with Crippen molar-refractivity contribution < 1.29 is 9.53 Å². The van der Waals surface area contributed by atoms with Crippen molar-refractivity contribution in [2.45, 2.75) is 25.9 Å². The standard InChI is InChI=1S/C16H21N5O2/c1-12-11-15(21-14(18-12)4-5-17-21)19-6-8-20(9-7-19)16(22)13-3-2-10-23-13/h4-5,11,13H,2-3,6-10H2,1H3. The molecule has 2 fully saturated rings. The van der Waals surface area contributed by atoms with Gasteiger partial charge in [-0.1, -0.05) is 0 Å². The molecule has 122 valence electrons. The summed E-state index contributed by atoms with van der Waals surface area (Å²) < 4.78 is 7.38. The van der Waals surface area contributed by atoms with E-state index >= 15 is 0 Å². The van der Waals surface area contributed by atoms with Crippen LogP contribution in [0.15, 0.2) is 18.3 Å². The summed E-state index contributed by atoms with van der Waals surface area (Å²) in [7, 11) is 0. The summed E-state index contributed by atoms with van der Waals surface area (Å²) in [5.74, 6) is 1.19. The summed E-state index contributed by atoms with van der Waals surface area (Å²) in [6.07, 6.45) is 3.39. The van der Waals surface area contributed by atoms with Crippen molar-refractivity contribution in [1.29, 1.82) is 0 Å². The van der Waals surface area contributed by atoms with E-state index in [1.165, 1.54) is 0 Å². The fourth-order valence-corrected chi connectivity index (χ4v) is 3.38. The number of rotatable bonds is 2. The Morgan fingerprint density at radius 1 is 1.30 bits per heavy atom. The molecule has 0 spiro atoms. The molecule has 2 aliphatic heterocycles. The molecule has 1 amide bonds. The molecule has 0 aliphatic carbocycles. The number of ether oxygens (including phenoxy) is 1. The van der Waals surface area contributed by atoms with Crippen molar-refractivity contribution in [3.8, 4) is 0 Å². The number of carbonyl (C=O) groups is 1. The van der Waals surface area contributed by atoms with E-state index in [-0.39, 0.29) is 12.0 Å². The maximum atomic E-state index is 12.4. The highest BCUT2D eigenvalue weighted by molar-refractivity contribution is 5.81. The third-order valence-corrected chi connectivity index (χ3v) is 4.59. The van der Waals surface area contributed by atoms with Crippen LogP contribution in [0.2, 0.25) is 0 Å². The van der Waals surface area contributed by atoms with Crippen LogP contribution in [0.4, 0.5) is 5.82 Å². The van der Waals surface area contributed by atoms with Gasteiger partial charge in [-0.25, -0.2) is 4.98 Å². The molecule has 2 aliphatic rings. The van der Waals surface area contributed by atoms with Crippen LogP contribution in [0.25, 0.3) is 5.65 Å². The third-order valence-electron chi connectivity index (χ3n) is 4.59. The van der Waals surface area contributed by atoms with E-state index in [1.807, 2.05) is 22.4 Å². The Morgan fingerprint density at radius 3 is 2.87 bits per heavy atom. The summed E-state index contributed by atoms with van der Waals surface area (Å²) in [6.45, 7) is 5.76. The number of carbonyl (C=O) groups excluding carboxylic acids is 1. The molecule has 0 saturated carbocycles. The summed E-state index contributed by atoms with van der Waals surface area (Å²) in [5, 5.41) is 4.36. The maximum absolute atomic E-state index is 12.4. The third kappa shape index (κ3) is 2.65. The van der Waals surface area contributed by atoms with Crippen LogP contribution in [0.5, 0.6) is 0 Å². The largest absolute Gasteiger partial charge is 0.368 e. The summed E-state index contributed by atoms with van der Waals surface area (Å²) >= 11 is 0. The highest BCUT2D eigenvalue weighted by Crippen LogP contribution is 2.20. The first-order valence-corrected chi connectivity index (χ1v) is 8.19. The second kappa shape index (κ2) is 5.81. The molecule has 1 atom stereocenters. The fraction of sp³-hybridized carbons (Fsp3) is 0.562. The van der Waals surface area contributed by atoms with Crippen molar-refractivity contribution >= 4 is 17.4 Å². The molecule has 2 saturated heterocycles. The lowest BCUT2D eigenvalue weighted by molar-refractivity contribution is -0.141. The van der Waals surface area contributed by atoms with Crippen molar-refractivity contribution in [3.63, 3.8) is 0 Å². The molecule has 4 heterocycles. The van der Waals surface area contributed by atoms with E-state index in [9.17, 15) is 4.79 Å². The summed E-state index contributed by atoms with van der Waals surface area (Å²) in [5.41, 5.74) is 1.84. The number of fused-ring (bicyclic) bond motifs is 1. The van der Waals surface area contributed by atoms with Gasteiger partial charge in [-0.3, -0.25) is 4.79 Å². The molecule has 7 heteroatoms. The second-order valence-electron chi connectivity index (χ2n) is 6.17. The predicted molar refractivity (Wildman–Crippen MR) is 85.5 cm³/mol. The zero-order valence-corrected chi connectivity index (χ0v) is 13.3. The Morgan fingerprint density at radius 2 is 2.13 bits per heavy atom. The van der Waals surface area contributed by atoms with E-state index in [4.69, 9.17) is 4.74 Å². The lowest BCUT2D eigenvalue weighted by atomic mass is 10.2. The van der Waals surface area contributed by atoms with Gasteiger partial charge in [-0.05, 0) is 19.8 Å². The highest BCUT2D eigenvalue weighted by Gasteiger charge is 2.30. The van der Waals surface area contributed by atoms with Gasteiger partial charge >= 0.3 is 0 Å². The Labute approximate surface area is 134 Å². The summed E-state index contributed by atoms with van der Waals surface area (Å²) in [6, 6.07) is 3.96. The second-order valence-corrected chi connectivity index (χ2v) is 6.17. The average Bonchev–Trinajstić information content (AvgIpc) is 3.25. The van der Waals surface area contributed by atoms with Gasteiger partial charge < -0.3 is 14.5 Å². The predicted octanol–water partition coefficient (Wildman–Crippen LogP) is 0.865.